The molecule has 0 spiro atoms. The Hall–Kier alpha value is -3.18. The van der Waals surface area contributed by atoms with E-state index in [9.17, 15) is 28.8 Å². The molecule has 5 N–H and O–H groups in total. The molecule has 4 rings (SSSR count). The van der Waals surface area contributed by atoms with Crippen LogP contribution in [0.3, 0.4) is 0 Å². The van der Waals surface area contributed by atoms with Crippen LogP contribution < -0.4 is 21.7 Å². The molecule has 0 bridgehead atoms. The van der Waals surface area contributed by atoms with Crippen LogP contribution in [0.2, 0.25) is 0 Å². The molecule has 3 aliphatic carbocycles. The molecule has 12 nitrogen and oxygen atoms in total. The minimum atomic E-state index is -1.09. The lowest BCUT2D eigenvalue weighted by Gasteiger charge is -2.39. The number of Topliss-reactive ketones (excluding diaryl/α,β-unsaturated/α-hetero) is 1. The fourth-order valence-corrected chi connectivity index (χ4v) is 7.42. The number of ether oxygens (including phenoxy) is 1. The van der Waals surface area contributed by atoms with Crippen molar-refractivity contribution in [3.05, 3.63) is 0 Å². The number of carbonyl (C=O) groups is 6. The van der Waals surface area contributed by atoms with Crippen molar-refractivity contribution in [2.75, 3.05) is 13.1 Å². The molecule has 1 saturated heterocycles. The van der Waals surface area contributed by atoms with Crippen LogP contribution in [0.4, 0.5) is 4.79 Å². The lowest BCUT2D eigenvalue weighted by Crippen LogP contribution is -2.62. The Kier molecular flexibility index (Phi) is 9.19. The molecule has 5 amide bonds. The maximum absolute atomic E-state index is 14.3. The third-order valence-electron chi connectivity index (χ3n) is 10.2. The molecular formula is C31H49N5O7. The van der Waals surface area contributed by atoms with E-state index >= 15 is 0 Å². The predicted molar refractivity (Wildman–Crippen MR) is 157 cm³/mol. The minimum Gasteiger partial charge on any atom is -0.459 e. The number of amides is 5. The molecule has 4 fully saturated rings. The van der Waals surface area contributed by atoms with Crippen LogP contribution in [0.1, 0.15) is 92.9 Å². The highest BCUT2D eigenvalue weighted by molar-refractivity contribution is 6.37. The smallest absolute Gasteiger partial charge is 0.325 e. The number of hydrogen-bond acceptors (Lipinski definition) is 7. The highest BCUT2D eigenvalue weighted by atomic mass is 16.6. The van der Waals surface area contributed by atoms with Gasteiger partial charge in [-0.15, -0.1) is 0 Å². The summed E-state index contributed by atoms with van der Waals surface area (Å²) in [5.74, 6) is -3.17. The van der Waals surface area contributed by atoms with Crippen LogP contribution in [0.5, 0.6) is 0 Å². The first-order valence-corrected chi connectivity index (χ1v) is 15.7. The summed E-state index contributed by atoms with van der Waals surface area (Å²) in [4.78, 5) is 79.4. The van der Waals surface area contributed by atoms with Crippen molar-refractivity contribution in [3.8, 4) is 0 Å². The number of fused-ring (bicyclic) bond motifs is 1. The number of likely N-dealkylation sites (tertiary alicyclic amines) is 1. The topological polar surface area (TPSA) is 177 Å². The highest BCUT2D eigenvalue weighted by Crippen LogP contribution is 2.65. The van der Waals surface area contributed by atoms with E-state index in [0.717, 1.165) is 44.9 Å². The van der Waals surface area contributed by atoms with Gasteiger partial charge in [0.05, 0.1) is 6.04 Å². The summed E-state index contributed by atoms with van der Waals surface area (Å²) in [7, 11) is 0. The number of nitrogens with one attached hydrogen (secondary N) is 3. The Labute approximate surface area is 253 Å². The number of piperidine rings is 1. The first-order valence-electron chi connectivity index (χ1n) is 15.7. The van der Waals surface area contributed by atoms with Gasteiger partial charge in [0.2, 0.25) is 17.6 Å². The largest absolute Gasteiger partial charge is 0.459 e. The Balaban J connectivity index is 1.52. The van der Waals surface area contributed by atoms with Gasteiger partial charge in [-0.1, -0.05) is 52.9 Å². The maximum Gasteiger partial charge on any atom is 0.325 e. The van der Waals surface area contributed by atoms with Crippen molar-refractivity contribution in [1.82, 2.24) is 20.9 Å². The average Bonchev–Trinajstić information content (AvgIpc) is 3.26. The molecule has 0 radical (unpaired) electrons. The van der Waals surface area contributed by atoms with E-state index in [4.69, 9.17) is 10.5 Å². The number of carbonyl (C=O) groups excluding carboxylic acids is 6. The summed E-state index contributed by atoms with van der Waals surface area (Å²) in [6, 6.07) is -3.48. The van der Waals surface area contributed by atoms with E-state index in [0.29, 0.717) is 13.0 Å². The molecule has 43 heavy (non-hydrogen) atoms. The Bertz CT molecular complexity index is 1150. The molecule has 1 aliphatic heterocycles. The summed E-state index contributed by atoms with van der Waals surface area (Å²) in [6.45, 7) is 11.3. The van der Waals surface area contributed by atoms with Gasteiger partial charge in [-0.25, -0.2) is 4.79 Å². The third-order valence-corrected chi connectivity index (χ3v) is 10.2. The quantitative estimate of drug-likeness (QED) is 0.205. The predicted octanol–water partition coefficient (Wildman–Crippen LogP) is 1.79. The number of rotatable bonds is 11. The minimum absolute atomic E-state index is 0.0853. The first-order chi connectivity index (χ1) is 19.9. The van der Waals surface area contributed by atoms with Gasteiger partial charge in [0, 0.05) is 6.54 Å². The lowest BCUT2D eigenvalue weighted by atomic mass is 9.79. The third kappa shape index (κ3) is 7.15. The van der Waals surface area contributed by atoms with Crippen LogP contribution in [-0.4, -0.2) is 77.2 Å². The zero-order chi connectivity index (χ0) is 31.9. The summed E-state index contributed by atoms with van der Waals surface area (Å²) in [5.41, 5.74) is 3.89. The summed E-state index contributed by atoms with van der Waals surface area (Å²) in [5, 5.41) is 8.13. The van der Waals surface area contributed by atoms with Crippen LogP contribution in [0, 0.1) is 28.6 Å². The second-order valence-corrected chi connectivity index (χ2v) is 14.9. The summed E-state index contributed by atoms with van der Waals surface area (Å²) >= 11 is 0. The summed E-state index contributed by atoms with van der Waals surface area (Å²) < 4.78 is 5.26. The van der Waals surface area contributed by atoms with Gasteiger partial charge in [0.25, 0.3) is 5.91 Å². The van der Waals surface area contributed by atoms with Crippen LogP contribution in [0.15, 0.2) is 0 Å². The monoisotopic (exact) mass is 603 g/mol. The number of urea groups is 1. The van der Waals surface area contributed by atoms with Gasteiger partial charge in [-0.05, 0) is 68.6 Å². The maximum atomic E-state index is 14.3. The van der Waals surface area contributed by atoms with E-state index in [1.807, 2.05) is 6.92 Å². The van der Waals surface area contributed by atoms with Gasteiger partial charge >= 0.3 is 12.0 Å². The van der Waals surface area contributed by atoms with Gasteiger partial charge in [-0.2, -0.15) is 0 Å². The molecule has 0 aromatic heterocycles. The number of primary amides is 1. The van der Waals surface area contributed by atoms with Crippen molar-refractivity contribution in [1.29, 1.82) is 0 Å². The number of nitrogens with two attached hydrogens (primary N) is 1. The SMILES string of the molecule is CC(C)(C)OC(=O)CNC(=O)N[C@H](C(=O)N1C[C@H]2[C@@H]([C@H]1C(=O)NC(CC1CCC1)C(=O)C(N)=O)C2(C)C)C1(C)CCCC1. The molecule has 12 heteroatoms. The molecule has 0 aromatic carbocycles. The van der Waals surface area contributed by atoms with Crippen LogP contribution >= 0.6 is 0 Å². The average molecular weight is 604 g/mol. The zero-order valence-corrected chi connectivity index (χ0v) is 26.4. The fourth-order valence-electron chi connectivity index (χ4n) is 7.42. The van der Waals surface area contributed by atoms with Crippen molar-refractivity contribution < 1.29 is 33.5 Å². The van der Waals surface area contributed by atoms with E-state index in [2.05, 4.69) is 29.8 Å². The Morgan fingerprint density at radius 1 is 0.977 bits per heavy atom. The van der Waals surface area contributed by atoms with Crippen molar-refractivity contribution >= 4 is 35.5 Å². The normalized spacial score (nSPS) is 26.7. The second kappa shape index (κ2) is 12.1. The second-order valence-electron chi connectivity index (χ2n) is 14.9. The van der Waals surface area contributed by atoms with Crippen LogP contribution in [0.25, 0.3) is 0 Å². The highest BCUT2D eigenvalue weighted by Gasteiger charge is 2.70. The Morgan fingerprint density at radius 2 is 1.60 bits per heavy atom. The van der Waals surface area contributed by atoms with E-state index in [-0.39, 0.29) is 35.6 Å². The van der Waals surface area contributed by atoms with Gasteiger partial charge in [-0.3, -0.25) is 24.0 Å². The molecular weight excluding hydrogens is 554 g/mol. The standard InChI is InChI=1S/C31H49N5O7/c1-29(2,3)43-20(37)15-33-28(42)35-24(31(6)12-7-8-13-31)27(41)36-16-18-21(30(18,4)5)22(36)26(40)34-19(23(38)25(32)39)14-17-10-9-11-17/h17-19,21-22,24H,7-16H2,1-6H3,(H2,32,39)(H,34,40)(H2,33,35,42)/t18-,19?,21-,22-,24+/m0/s1. The van der Waals surface area contributed by atoms with Gasteiger partial charge < -0.3 is 31.3 Å². The van der Waals surface area contributed by atoms with Crippen molar-refractivity contribution in [2.45, 2.75) is 117 Å². The number of ketones is 1. The lowest BCUT2D eigenvalue weighted by molar-refractivity contribution is -0.153. The van der Waals surface area contributed by atoms with Crippen molar-refractivity contribution in [2.24, 2.45) is 34.3 Å². The first kappa shape index (κ1) is 32.7. The van der Waals surface area contributed by atoms with E-state index in [1.54, 1.807) is 25.7 Å². The van der Waals surface area contributed by atoms with Crippen molar-refractivity contribution in [3.63, 3.8) is 0 Å². The van der Waals surface area contributed by atoms with Gasteiger partial charge in [0.15, 0.2) is 0 Å². The molecule has 5 atom stereocenters. The number of nitrogens with zero attached hydrogens (tertiary/aromatic N) is 1. The van der Waals surface area contributed by atoms with Crippen LogP contribution in [-0.2, 0) is 28.7 Å². The number of esters is 1. The number of hydrogen-bond donors (Lipinski definition) is 4. The molecule has 3 saturated carbocycles. The van der Waals surface area contributed by atoms with E-state index in [1.165, 1.54) is 0 Å². The fraction of sp³-hybridized carbons (Fsp3) is 0.806. The zero-order valence-electron chi connectivity index (χ0n) is 26.4. The molecule has 1 heterocycles. The Morgan fingerprint density at radius 3 is 2.14 bits per heavy atom. The summed E-state index contributed by atoms with van der Waals surface area (Å²) in [6.07, 6.45) is 6.47. The van der Waals surface area contributed by atoms with E-state index < -0.39 is 58.7 Å². The van der Waals surface area contributed by atoms with Gasteiger partial charge in [0.1, 0.15) is 24.2 Å². The molecule has 240 valence electrons. The molecule has 0 aromatic rings. The molecule has 1 unspecified atom stereocenters. The molecule has 4 aliphatic rings.